The second-order valence-corrected chi connectivity index (χ2v) is 5.38. The molecule has 3 aromatic carbocycles. The molecule has 0 heterocycles. The van der Waals surface area contributed by atoms with Crippen molar-refractivity contribution >= 4 is 28.4 Å². The largest absolute Gasteiger partial charge is 0.269 e. The lowest BCUT2D eigenvalue weighted by Crippen LogP contribution is -2.07. The van der Waals surface area contributed by atoms with Gasteiger partial charge in [0.05, 0.1) is 26.9 Å². The van der Waals surface area contributed by atoms with Gasteiger partial charge in [0.1, 0.15) is 0 Å². The van der Waals surface area contributed by atoms with Gasteiger partial charge in [0.25, 0.3) is 11.4 Å². The van der Waals surface area contributed by atoms with E-state index in [0.29, 0.717) is 17.1 Å². The number of nitro groups is 2. The molecule has 3 aromatic rings. The Morgan fingerprint density at radius 1 is 0.667 bits per heavy atom. The molecule has 0 unspecified atom stereocenters. The van der Waals surface area contributed by atoms with Crippen LogP contribution in [0.5, 0.6) is 0 Å². The number of hydrogen-bond donors (Lipinski definition) is 0. The first-order chi connectivity index (χ1) is 13.0. The molecule has 0 bridgehead atoms. The zero-order valence-electron chi connectivity index (χ0n) is 13.9. The van der Waals surface area contributed by atoms with Gasteiger partial charge >= 0.3 is 0 Å². The number of benzene rings is 3. The van der Waals surface area contributed by atoms with Crippen molar-refractivity contribution in [3.05, 3.63) is 99.1 Å². The van der Waals surface area contributed by atoms with Gasteiger partial charge in [-0.2, -0.15) is 0 Å². The highest BCUT2D eigenvalue weighted by atomic mass is 16.6. The van der Waals surface area contributed by atoms with Gasteiger partial charge in [-0.25, -0.2) is 5.01 Å². The minimum atomic E-state index is -0.492. The number of rotatable bonds is 6. The van der Waals surface area contributed by atoms with Crippen LogP contribution >= 0.6 is 0 Å². The molecule has 0 aromatic heterocycles. The van der Waals surface area contributed by atoms with Gasteiger partial charge in [0.2, 0.25) is 0 Å². The average molecular weight is 363 g/mol. The van der Waals surface area contributed by atoms with Crippen molar-refractivity contribution < 1.29 is 9.85 Å². The lowest BCUT2D eigenvalue weighted by atomic mass is 10.2. The standard InChI is InChI=1S/C18H13N5O4/c24-22(25)17-8-6-14(7-9-17)19-20-21(15-4-2-1-3-5-15)16-10-12-18(13-11-16)23(26)27/h1-13H. The summed E-state index contributed by atoms with van der Waals surface area (Å²) in [4.78, 5) is 20.6. The Kier molecular flexibility index (Phi) is 5.12. The van der Waals surface area contributed by atoms with Crippen LogP contribution in [-0.2, 0) is 0 Å². The normalized spacial score (nSPS) is 10.7. The van der Waals surface area contributed by atoms with Crippen LogP contribution in [0.15, 0.2) is 89.2 Å². The quantitative estimate of drug-likeness (QED) is 0.333. The first-order valence-electron chi connectivity index (χ1n) is 7.80. The van der Waals surface area contributed by atoms with Crippen molar-refractivity contribution in [3.63, 3.8) is 0 Å². The second-order valence-electron chi connectivity index (χ2n) is 5.38. The number of nitrogens with zero attached hydrogens (tertiary/aromatic N) is 5. The van der Waals surface area contributed by atoms with Crippen LogP contribution in [0.2, 0.25) is 0 Å². The number of para-hydroxylation sites is 1. The summed E-state index contributed by atoms with van der Waals surface area (Å²) in [5, 5.41) is 31.4. The molecule has 0 aliphatic heterocycles. The zero-order chi connectivity index (χ0) is 19.2. The van der Waals surface area contributed by atoms with Crippen LogP contribution in [0, 0.1) is 20.2 Å². The maximum absolute atomic E-state index is 10.8. The van der Waals surface area contributed by atoms with Crippen LogP contribution in [0.1, 0.15) is 0 Å². The zero-order valence-corrected chi connectivity index (χ0v) is 13.9. The highest BCUT2D eigenvalue weighted by molar-refractivity contribution is 5.63. The van der Waals surface area contributed by atoms with Gasteiger partial charge in [0, 0.05) is 24.3 Å². The van der Waals surface area contributed by atoms with E-state index in [0.717, 1.165) is 0 Å². The molecule has 27 heavy (non-hydrogen) atoms. The Morgan fingerprint density at radius 3 is 1.67 bits per heavy atom. The van der Waals surface area contributed by atoms with Gasteiger partial charge in [0.15, 0.2) is 0 Å². The third-order valence-corrected chi connectivity index (χ3v) is 3.62. The Balaban J connectivity index is 1.92. The first kappa shape index (κ1) is 17.7. The fourth-order valence-electron chi connectivity index (χ4n) is 2.27. The van der Waals surface area contributed by atoms with Crippen LogP contribution in [0.3, 0.4) is 0 Å². The minimum absolute atomic E-state index is 0.0286. The average Bonchev–Trinajstić information content (AvgIpc) is 2.69. The van der Waals surface area contributed by atoms with E-state index in [1.807, 2.05) is 30.3 Å². The minimum Gasteiger partial charge on any atom is -0.258 e. The molecule has 3 rings (SSSR count). The van der Waals surface area contributed by atoms with E-state index in [1.165, 1.54) is 41.4 Å². The molecule has 9 heteroatoms. The summed E-state index contributed by atoms with van der Waals surface area (Å²) in [6, 6.07) is 20.7. The molecule has 0 saturated carbocycles. The number of nitro benzene ring substituents is 2. The van der Waals surface area contributed by atoms with Gasteiger partial charge < -0.3 is 0 Å². The highest BCUT2D eigenvalue weighted by Crippen LogP contribution is 2.29. The molecular weight excluding hydrogens is 350 g/mol. The predicted molar refractivity (Wildman–Crippen MR) is 99.3 cm³/mol. The monoisotopic (exact) mass is 363 g/mol. The molecule has 134 valence electrons. The summed E-state index contributed by atoms with van der Waals surface area (Å²) in [5.41, 5.74) is 1.65. The van der Waals surface area contributed by atoms with E-state index >= 15 is 0 Å². The molecule has 0 saturated heterocycles. The third kappa shape index (κ3) is 4.28. The fourth-order valence-corrected chi connectivity index (χ4v) is 2.27. The van der Waals surface area contributed by atoms with E-state index in [-0.39, 0.29) is 11.4 Å². The summed E-state index contributed by atoms with van der Waals surface area (Å²) in [7, 11) is 0. The number of non-ortho nitro benzene ring substituents is 2. The van der Waals surface area contributed by atoms with Crippen molar-refractivity contribution in [2.45, 2.75) is 0 Å². The van der Waals surface area contributed by atoms with Gasteiger partial charge in [-0.1, -0.05) is 23.4 Å². The molecule has 9 nitrogen and oxygen atoms in total. The smallest absolute Gasteiger partial charge is 0.258 e. The van der Waals surface area contributed by atoms with E-state index in [2.05, 4.69) is 10.3 Å². The van der Waals surface area contributed by atoms with Gasteiger partial charge in [-0.3, -0.25) is 20.2 Å². The SMILES string of the molecule is O=[N+]([O-])c1ccc(N=NN(c2ccccc2)c2ccc([N+](=O)[O-])cc2)cc1. The molecule has 0 spiro atoms. The maximum Gasteiger partial charge on any atom is 0.269 e. The summed E-state index contributed by atoms with van der Waals surface area (Å²) in [6.07, 6.45) is 0. The molecule has 0 atom stereocenters. The van der Waals surface area contributed by atoms with E-state index in [4.69, 9.17) is 0 Å². The number of anilines is 2. The van der Waals surface area contributed by atoms with Crippen LogP contribution < -0.4 is 5.01 Å². The van der Waals surface area contributed by atoms with Crippen LogP contribution in [0.25, 0.3) is 0 Å². The summed E-state index contributed by atoms with van der Waals surface area (Å²) >= 11 is 0. The Hall–Kier alpha value is -4.14. The molecule has 0 amide bonds. The van der Waals surface area contributed by atoms with Crippen molar-refractivity contribution in [3.8, 4) is 0 Å². The Labute approximate surface area is 153 Å². The topological polar surface area (TPSA) is 114 Å². The summed E-state index contributed by atoms with van der Waals surface area (Å²) in [5.74, 6) is 0. The maximum atomic E-state index is 10.8. The van der Waals surface area contributed by atoms with Gasteiger partial charge in [-0.15, -0.1) is 5.11 Å². The second kappa shape index (κ2) is 7.83. The molecule has 0 N–H and O–H groups in total. The molecule has 0 aliphatic rings. The molecule has 0 aliphatic carbocycles. The summed E-state index contributed by atoms with van der Waals surface area (Å²) in [6.45, 7) is 0. The van der Waals surface area contributed by atoms with Crippen LogP contribution in [-0.4, -0.2) is 9.85 Å². The highest BCUT2D eigenvalue weighted by Gasteiger charge is 2.11. The van der Waals surface area contributed by atoms with Gasteiger partial charge in [-0.05, 0) is 36.4 Å². The van der Waals surface area contributed by atoms with E-state index in [9.17, 15) is 20.2 Å². The molecule has 0 fully saturated rings. The number of hydrogen-bond acceptors (Lipinski definition) is 6. The van der Waals surface area contributed by atoms with E-state index in [1.54, 1.807) is 12.1 Å². The van der Waals surface area contributed by atoms with Crippen molar-refractivity contribution in [2.75, 3.05) is 5.01 Å². The first-order valence-corrected chi connectivity index (χ1v) is 7.80. The molecule has 0 radical (unpaired) electrons. The van der Waals surface area contributed by atoms with E-state index < -0.39 is 9.85 Å². The molecular formula is C18H13N5O4. The Morgan fingerprint density at radius 2 is 1.15 bits per heavy atom. The lowest BCUT2D eigenvalue weighted by molar-refractivity contribution is -0.385. The van der Waals surface area contributed by atoms with Crippen LogP contribution in [0.4, 0.5) is 28.4 Å². The fraction of sp³-hybridized carbons (Fsp3) is 0. The lowest BCUT2D eigenvalue weighted by Gasteiger charge is -2.17. The third-order valence-electron chi connectivity index (χ3n) is 3.62. The predicted octanol–water partition coefficient (Wildman–Crippen LogP) is 5.34. The van der Waals surface area contributed by atoms with Crippen molar-refractivity contribution in [1.29, 1.82) is 0 Å². The van der Waals surface area contributed by atoms with Crippen molar-refractivity contribution in [1.82, 2.24) is 0 Å². The Bertz CT molecular complexity index is 973. The summed E-state index contributed by atoms with van der Waals surface area (Å²) < 4.78 is 0. The van der Waals surface area contributed by atoms with Crippen molar-refractivity contribution in [2.24, 2.45) is 10.3 Å².